The quantitative estimate of drug-likeness (QED) is 0.644. The average molecular weight is 407 g/mol. The second-order valence-electron chi connectivity index (χ2n) is 7.32. The van der Waals surface area contributed by atoms with Crippen LogP contribution in [-0.2, 0) is 11.3 Å². The van der Waals surface area contributed by atoms with E-state index in [1.54, 1.807) is 12.1 Å². The van der Waals surface area contributed by atoms with Crippen molar-refractivity contribution in [1.29, 1.82) is 0 Å². The Hall–Kier alpha value is -1.34. The van der Waals surface area contributed by atoms with E-state index in [1.807, 2.05) is 51.9 Å². The van der Waals surface area contributed by atoms with E-state index >= 15 is 0 Å². The Labute approximate surface area is 169 Å². The van der Waals surface area contributed by atoms with Crippen LogP contribution in [0, 0.1) is 5.41 Å². The zero-order valence-corrected chi connectivity index (χ0v) is 17.8. The van der Waals surface area contributed by atoms with E-state index in [0.717, 1.165) is 12.1 Å². The van der Waals surface area contributed by atoms with Gasteiger partial charge in [-0.25, -0.2) is 0 Å². The van der Waals surface area contributed by atoms with E-state index in [4.69, 9.17) is 5.73 Å². The SMILES string of the molecule is CN(C)CCNC(=O)c1ccc(CNC(=O)[C@@H](N)C(C)(C)C)cc1.Cl.Cl. The van der Waals surface area contributed by atoms with Gasteiger partial charge in [-0.05, 0) is 37.2 Å². The molecule has 0 unspecified atom stereocenters. The van der Waals surface area contributed by atoms with Crippen LogP contribution in [0.3, 0.4) is 0 Å². The summed E-state index contributed by atoms with van der Waals surface area (Å²) in [5.74, 6) is -0.268. The molecular formula is C18H32Cl2N4O2. The number of halogens is 2. The van der Waals surface area contributed by atoms with Crippen LogP contribution in [0.4, 0.5) is 0 Å². The number of likely N-dealkylation sites (N-methyl/N-ethyl adjacent to an activating group) is 1. The van der Waals surface area contributed by atoms with E-state index in [2.05, 4.69) is 10.6 Å². The highest BCUT2D eigenvalue weighted by molar-refractivity contribution is 5.94. The van der Waals surface area contributed by atoms with Gasteiger partial charge < -0.3 is 21.3 Å². The molecule has 0 aliphatic carbocycles. The van der Waals surface area contributed by atoms with E-state index in [0.29, 0.717) is 18.7 Å². The molecule has 8 heteroatoms. The smallest absolute Gasteiger partial charge is 0.251 e. The molecule has 4 N–H and O–H groups in total. The Bertz CT molecular complexity index is 557. The van der Waals surface area contributed by atoms with Crippen molar-refractivity contribution >= 4 is 36.6 Å². The molecule has 1 aromatic rings. The Kier molecular flexibility index (Phi) is 12.5. The van der Waals surface area contributed by atoms with E-state index in [-0.39, 0.29) is 42.0 Å². The van der Waals surface area contributed by atoms with E-state index in [1.165, 1.54) is 0 Å². The topological polar surface area (TPSA) is 87.5 Å². The summed E-state index contributed by atoms with van der Waals surface area (Å²) < 4.78 is 0. The summed E-state index contributed by atoms with van der Waals surface area (Å²) >= 11 is 0. The Morgan fingerprint density at radius 1 is 1.08 bits per heavy atom. The molecule has 0 aliphatic heterocycles. The van der Waals surface area contributed by atoms with Crippen molar-refractivity contribution in [2.75, 3.05) is 27.2 Å². The van der Waals surface area contributed by atoms with Gasteiger partial charge in [0.25, 0.3) is 5.91 Å². The molecule has 0 aromatic heterocycles. The monoisotopic (exact) mass is 406 g/mol. The van der Waals surface area contributed by atoms with Gasteiger partial charge in [-0.1, -0.05) is 32.9 Å². The highest BCUT2D eigenvalue weighted by Crippen LogP contribution is 2.17. The second-order valence-corrected chi connectivity index (χ2v) is 7.32. The van der Waals surface area contributed by atoms with Crippen LogP contribution in [0.25, 0.3) is 0 Å². The number of nitrogens with one attached hydrogen (secondary N) is 2. The van der Waals surface area contributed by atoms with Gasteiger partial charge in [-0.15, -0.1) is 24.8 Å². The van der Waals surface area contributed by atoms with Crippen LogP contribution in [0.15, 0.2) is 24.3 Å². The molecule has 0 aliphatic rings. The summed E-state index contributed by atoms with van der Waals surface area (Å²) in [7, 11) is 3.92. The third-order valence-electron chi connectivity index (χ3n) is 3.74. The van der Waals surface area contributed by atoms with E-state index in [9.17, 15) is 9.59 Å². The highest BCUT2D eigenvalue weighted by atomic mass is 35.5. The van der Waals surface area contributed by atoms with Gasteiger partial charge in [0.05, 0.1) is 6.04 Å². The molecule has 0 spiro atoms. The van der Waals surface area contributed by atoms with Gasteiger partial charge in [0.15, 0.2) is 0 Å². The van der Waals surface area contributed by atoms with Crippen molar-refractivity contribution in [2.45, 2.75) is 33.4 Å². The summed E-state index contributed by atoms with van der Waals surface area (Å²) in [6.07, 6.45) is 0. The number of hydrogen-bond acceptors (Lipinski definition) is 4. The number of carbonyl (C=O) groups excluding carboxylic acids is 2. The molecule has 0 heterocycles. The molecule has 0 saturated heterocycles. The summed E-state index contributed by atoms with van der Waals surface area (Å²) in [4.78, 5) is 26.0. The van der Waals surface area contributed by atoms with Gasteiger partial charge in [-0.2, -0.15) is 0 Å². The number of nitrogens with two attached hydrogens (primary N) is 1. The predicted octanol–water partition coefficient (Wildman–Crippen LogP) is 1.81. The maximum atomic E-state index is 12.0. The molecule has 0 saturated carbocycles. The lowest BCUT2D eigenvalue weighted by atomic mass is 9.87. The first-order valence-corrected chi connectivity index (χ1v) is 8.16. The fourth-order valence-corrected chi connectivity index (χ4v) is 1.96. The molecule has 1 aromatic carbocycles. The first-order valence-electron chi connectivity index (χ1n) is 8.16. The van der Waals surface area contributed by atoms with Crippen molar-refractivity contribution < 1.29 is 9.59 Å². The minimum absolute atomic E-state index is 0. The molecule has 26 heavy (non-hydrogen) atoms. The number of carbonyl (C=O) groups is 2. The van der Waals surface area contributed by atoms with Gasteiger partial charge in [0.2, 0.25) is 5.91 Å². The number of amides is 2. The summed E-state index contributed by atoms with van der Waals surface area (Å²) in [6, 6.07) is 6.64. The molecule has 6 nitrogen and oxygen atoms in total. The van der Waals surface area contributed by atoms with Gasteiger partial charge in [-0.3, -0.25) is 9.59 Å². The van der Waals surface area contributed by atoms with Crippen LogP contribution < -0.4 is 16.4 Å². The number of nitrogens with zero attached hydrogens (tertiary/aromatic N) is 1. The molecule has 0 fully saturated rings. The lowest BCUT2D eigenvalue weighted by Gasteiger charge is -2.25. The van der Waals surface area contributed by atoms with Crippen molar-refractivity contribution in [2.24, 2.45) is 11.1 Å². The van der Waals surface area contributed by atoms with Crippen molar-refractivity contribution in [3.05, 3.63) is 35.4 Å². The minimum Gasteiger partial charge on any atom is -0.351 e. The average Bonchev–Trinajstić information content (AvgIpc) is 2.51. The van der Waals surface area contributed by atoms with Crippen LogP contribution in [0.5, 0.6) is 0 Å². The number of benzene rings is 1. The highest BCUT2D eigenvalue weighted by Gasteiger charge is 2.27. The van der Waals surface area contributed by atoms with E-state index < -0.39 is 6.04 Å². The Balaban J connectivity index is 0. The zero-order valence-electron chi connectivity index (χ0n) is 16.2. The third-order valence-corrected chi connectivity index (χ3v) is 3.74. The van der Waals surface area contributed by atoms with Crippen LogP contribution in [0.2, 0.25) is 0 Å². The minimum atomic E-state index is -0.556. The predicted molar refractivity (Wildman–Crippen MR) is 111 cm³/mol. The van der Waals surface area contributed by atoms with Crippen LogP contribution >= 0.6 is 24.8 Å². The second kappa shape index (κ2) is 12.1. The van der Waals surface area contributed by atoms with Gasteiger partial charge >= 0.3 is 0 Å². The fraction of sp³-hybridized carbons (Fsp3) is 0.556. The van der Waals surface area contributed by atoms with Gasteiger partial charge in [0, 0.05) is 25.2 Å². The largest absolute Gasteiger partial charge is 0.351 e. The lowest BCUT2D eigenvalue weighted by molar-refractivity contribution is -0.124. The number of rotatable bonds is 7. The Morgan fingerprint density at radius 2 is 1.62 bits per heavy atom. The summed E-state index contributed by atoms with van der Waals surface area (Å²) in [6.45, 7) is 7.59. The van der Waals surface area contributed by atoms with Crippen molar-refractivity contribution in [3.8, 4) is 0 Å². The lowest BCUT2D eigenvalue weighted by Crippen LogP contribution is -2.48. The van der Waals surface area contributed by atoms with Gasteiger partial charge in [0.1, 0.15) is 0 Å². The number of hydrogen-bond donors (Lipinski definition) is 3. The summed E-state index contributed by atoms with van der Waals surface area (Å²) in [5, 5.41) is 5.70. The van der Waals surface area contributed by atoms with Crippen molar-refractivity contribution in [1.82, 2.24) is 15.5 Å². The van der Waals surface area contributed by atoms with Crippen LogP contribution in [-0.4, -0.2) is 49.9 Å². The first-order chi connectivity index (χ1) is 11.1. The fourth-order valence-electron chi connectivity index (χ4n) is 1.96. The molecule has 1 rings (SSSR count). The maximum absolute atomic E-state index is 12.0. The molecule has 2 amide bonds. The normalized spacial score (nSPS) is 11.8. The first kappa shape index (κ1) is 26.9. The molecular weight excluding hydrogens is 375 g/mol. The molecule has 1 atom stereocenters. The standard InChI is InChI=1S/C18H30N4O2.2ClH/c1-18(2,3)15(19)17(24)21-12-13-6-8-14(9-7-13)16(23)20-10-11-22(4)5;;/h6-9,15H,10-12,19H2,1-5H3,(H,20,23)(H,21,24);2*1H/t15-;;/m1../s1. The molecule has 150 valence electrons. The summed E-state index contributed by atoms with van der Waals surface area (Å²) in [5.41, 5.74) is 7.17. The Morgan fingerprint density at radius 3 is 2.08 bits per heavy atom. The third kappa shape index (κ3) is 9.38. The maximum Gasteiger partial charge on any atom is 0.251 e. The van der Waals surface area contributed by atoms with Crippen molar-refractivity contribution in [3.63, 3.8) is 0 Å². The molecule has 0 radical (unpaired) electrons. The molecule has 0 bridgehead atoms. The zero-order chi connectivity index (χ0) is 18.3. The van der Waals surface area contributed by atoms with Crippen LogP contribution in [0.1, 0.15) is 36.7 Å².